The number of rotatable bonds is 3. The lowest BCUT2D eigenvalue weighted by atomic mass is 10.0. The van der Waals surface area contributed by atoms with Crippen molar-refractivity contribution in [2.75, 3.05) is 23.8 Å². The second kappa shape index (κ2) is 4.47. The van der Waals surface area contributed by atoms with Gasteiger partial charge in [0, 0.05) is 35.6 Å². The van der Waals surface area contributed by atoms with Crippen molar-refractivity contribution >= 4 is 11.4 Å². The van der Waals surface area contributed by atoms with Crippen LogP contribution in [0.3, 0.4) is 0 Å². The molecule has 1 aliphatic rings. The van der Waals surface area contributed by atoms with Gasteiger partial charge in [-0.15, -0.1) is 0 Å². The number of nitrogens with zero attached hydrogens (tertiary/aromatic N) is 1. The number of hydrogen-bond acceptors (Lipinski definition) is 3. The second-order valence-electron chi connectivity index (χ2n) is 5.26. The fourth-order valence-electron chi connectivity index (χ4n) is 2.60. The first-order chi connectivity index (χ1) is 8.03. The summed E-state index contributed by atoms with van der Waals surface area (Å²) in [6.45, 7) is 8.32. The zero-order chi connectivity index (χ0) is 12.5. The van der Waals surface area contributed by atoms with Crippen molar-refractivity contribution in [2.24, 2.45) is 0 Å². The summed E-state index contributed by atoms with van der Waals surface area (Å²) in [5.74, 6) is 0.866. The highest BCUT2D eigenvalue weighted by Crippen LogP contribution is 2.36. The summed E-state index contributed by atoms with van der Waals surface area (Å²) >= 11 is 0. The summed E-state index contributed by atoms with van der Waals surface area (Å²) in [4.78, 5) is 2.42. The van der Waals surface area contributed by atoms with E-state index in [-0.39, 0.29) is 5.54 Å². The van der Waals surface area contributed by atoms with E-state index in [1.807, 2.05) is 19.1 Å². The Morgan fingerprint density at radius 1 is 1.35 bits per heavy atom. The van der Waals surface area contributed by atoms with Crippen molar-refractivity contribution < 1.29 is 4.74 Å². The zero-order valence-corrected chi connectivity index (χ0v) is 11.0. The molecule has 0 saturated carbocycles. The summed E-state index contributed by atoms with van der Waals surface area (Å²) in [5, 5.41) is 0. The maximum absolute atomic E-state index is 5.94. The molecule has 3 heteroatoms. The Morgan fingerprint density at radius 2 is 2.12 bits per heavy atom. The third-order valence-electron chi connectivity index (χ3n) is 3.44. The molecule has 1 saturated heterocycles. The summed E-state index contributed by atoms with van der Waals surface area (Å²) in [5.41, 5.74) is 8.11. The molecule has 0 unspecified atom stereocenters. The molecule has 1 aromatic carbocycles. The molecule has 1 aromatic rings. The Hall–Kier alpha value is -1.38. The number of benzene rings is 1. The fraction of sp³-hybridized carbons (Fsp3) is 0.571. The van der Waals surface area contributed by atoms with Crippen molar-refractivity contribution in [3.63, 3.8) is 0 Å². The minimum Gasteiger partial charge on any atom is -0.494 e. The van der Waals surface area contributed by atoms with Gasteiger partial charge in [0.1, 0.15) is 5.75 Å². The van der Waals surface area contributed by atoms with E-state index in [1.54, 1.807) is 0 Å². The van der Waals surface area contributed by atoms with Crippen LogP contribution in [0.15, 0.2) is 18.2 Å². The van der Waals surface area contributed by atoms with Crippen LogP contribution >= 0.6 is 0 Å². The van der Waals surface area contributed by atoms with E-state index >= 15 is 0 Å². The summed E-state index contributed by atoms with van der Waals surface area (Å²) < 4.78 is 5.55. The Morgan fingerprint density at radius 3 is 2.71 bits per heavy atom. The summed E-state index contributed by atoms with van der Waals surface area (Å²) in [7, 11) is 0. The highest BCUT2D eigenvalue weighted by atomic mass is 16.5. The van der Waals surface area contributed by atoms with Gasteiger partial charge < -0.3 is 15.4 Å². The van der Waals surface area contributed by atoms with Crippen LogP contribution in [-0.4, -0.2) is 18.7 Å². The first-order valence-corrected chi connectivity index (χ1v) is 6.34. The van der Waals surface area contributed by atoms with Crippen LogP contribution in [-0.2, 0) is 0 Å². The van der Waals surface area contributed by atoms with Crippen molar-refractivity contribution in [3.05, 3.63) is 18.2 Å². The molecular formula is C14H22N2O. The van der Waals surface area contributed by atoms with Crippen LogP contribution in [0.2, 0.25) is 0 Å². The number of ether oxygens (including phenoxy) is 1. The summed E-state index contributed by atoms with van der Waals surface area (Å²) in [6.07, 6.45) is 2.47. The lowest BCUT2D eigenvalue weighted by molar-refractivity contribution is 0.340. The molecule has 0 bridgehead atoms. The first kappa shape index (κ1) is 12.1. The molecule has 3 nitrogen and oxygen atoms in total. The lowest BCUT2D eigenvalue weighted by Gasteiger charge is -2.34. The minimum atomic E-state index is 0.220. The Kier molecular flexibility index (Phi) is 3.18. The predicted molar refractivity (Wildman–Crippen MR) is 72.7 cm³/mol. The molecule has 0 amide bonds. The normalized spacial score (nSPS) is 18.4. The standard InChI is InChI=1S/C14H22N2O/c1-4-17-13-9-11(15)8-12(10-13)16-7-5-6-14(16,2)3/h8-10H,4-7,15H2,1-3H3. The number of nitrogen functional groups attached to an aromatic ring is 1. The SMILES string of the molecule is CCOc1cc(N)cc(N2CCCC2(C)C)c1. The van der Waals surface area contributed by atoms with Crippen LogP contribution in [0.5, 0.6) is 5.75 Å². The van der Waals surface area contributed by atoms with Crippen LogP contribution in [0.4, 0.5) is 11.4 Å². The van der Waals surface area contributed by atoms with Gasteiger partial charge >= 0.3 is 0 Å². The average molecular weight is 234 g/mol. The monoisotopic (exact) mass is 234 g/mol. The van der Waals surface area contributed by atoms with E-state index in [9.17, 15) is 0 Å². The number of nitrogens with two attached hydrogens (primary N) is 1. The van der Waals surface area contributed by atoms with Crippen LogP contribution in [0.25, 0.3) is 0 Å². The molecule has 94 valence electrons. The first-order valence-electron chi connectivity index (χ1n) is 6.34. The van der Waals surface area contributed by atoms with Crippen molar-refractivity contribution in [3.8, 4) is 5.75 Å². The van der Waals surface area contributed by atoms with Crippen LogP contribution < -0.4 is 15.4 Å². The molecule has 2 N–H and O–H groups in total. The van der Waals surface area contributed by atoms with Gasteiger partial charge in [-0.25, -0.2) is 0 Å². The minimum absolute atomic E-state index is 0.220. The highest BCUT2D eigenvalue weighted by molar-refractivity contribution is 5.62. The highest BCUT2D eigenvalue weighted by Gasteiger charge is 2.32. The Labute approximate surface area is 104 Å². The van der Waals surface area contributed by atoms with Crippen molar-refractivity contribution in [1.82, 2.24) is 0 Å². The predicted octanol–water partition coefficient (Wildman–Crippen LogP) is 3.05. The van der Waals surface area contributed by atoms with Gasteiger partial charge in [0.15, 0.2) is 0 Å². The van der Waals surface area contributed by atoms with Gasteiger partial charge in [-0.1, -0.05) is 0 Å². The van der Waals surface area contributed by atoms with Gasteiger partial charge in [0.2, 0.25) is 0 Å². The van der Waals surface area contributed by atoms with Gasteiger partial charge in [-0.3, -0.25) is 0 Å². The molecule has 1 heterocycles. The number of anilines is 2. The fourth-order valence-corrected chi connectivity index (χ4v) is 2.60. The Bertz CT molecular complexity index is 401. The van der Waals surface area contributed by atoms with E-state index < -0.39 is 0 Å². The quantitative estimate of drug-likeness (QED) is 0.817. The van der Waals surface area contributed by atoms with Gasteiger partial charge in [-0.2, -0.15) is 0 Å². The molecule has 17 heavy (non-hydrogen) atoms. The van der Waals surface area contributed by atoms with Crippen LogP contribution in [0.1, 0.15) is 33.6 Å². The molecule has 0 aromatic heterocycles. The van der Waals surface area contributed by atoms with Crippen molar-refractivity contribution in [1.29, 1.82) is 0 Å². The molecular weight excluding hydrogens is 212 g/mol. The van der Waals surface area contributed by atoms with Gasteiger partial charge in [-0.05, 0) is 39.7 Å². The second-order valence-corrected chi connectivity index (χ2v) is 5.26. The molecule has 0 radical (unpaired) electrons. The largest absolute Gasteiger partial charge is 0.494 e. The third kappa shape index (κ3) is 2.48. The number of hydrogen-bond donors (Lipinski definition) is 1. The van der Waals surface area contributed by atoms with E-state index in [1.165, 1.54) is 18.5 Å². The average Bonchev–Trinajstić information content (AvgIpc) is 2.57. The van der Waals surface area contributed by atoms with E-state index in [4.69, 9.17) is 10.5 Å². The summed E-state index contributed by atoms with van der Waals surface area (Å²) in [6, 6.07) is 6.01. The Balaban J connectivity index is 2.31. The maximum atomic E-state index is 5.94. The van der Waals surface area contributed by atoms with E-state index in [2.05, 4.69) is 24.8 Å². The molecule has 0 spiro atoms. The third-order valence-corrected chi connectivity index (χ3v) is 3.44. The van der Waals surface area contributed by atoms with Crippen LogP contribution in [0, 0.1) is 0 Å². The molecule has 1 aliphatic heterocycles. The lowest BCUT2D eigenvalue weighted by Crippen LogP contribution is -2.38. The van der Waals surface area contributed by atoms with Gasteiger partial charge in [0.05, 0.1) is 6.61 Å². The van der Waals surface area contributed by atoms with E-state index in [0.717, 1.165) is 18.0 Å². The van der Waals surface area contributed by atoms with E-state index in [0.29, 0.717) is 6.61 Å². The molecule has 1 fully saturated rings. The molecule has 0 aliphatic carbocycles. The molecule has 2 rings (SSSR count). The van der Waals surface area contributed by atoms with Gasteiger partial charge in [0.25, 0.3) is 0 Å². The smallest absolute Gasteiger partial charge is 0.123 e. The van der Waals surface area contributed by atoms with Crippen molar-refractivity contribution in [2.45, 2.75) is 39.2 Å². The maximum Gasteiger partial charge on any atom is 0.123 e. The molecule has 0 atom stereocenters. The zero-order valence-electron chi connectivity index (χ0n) is 11.0. The topological polar surface area (TPSA) is 38.5 Å².